The Hall–Kier alpha value is -1.92. The number of nitrogens with one attached hydrogen (secondary N) is 1. The second-order valence-electron chi connectivity index (χ2n) is 4.68. The fourth-order valence-corrected chi connectivity index (χ4v) is 2.87. The molecule has 21 heavy (non-hydrogen) atoms. The minimum Gasteiger partial charge on any atom is -0.487 e. The van der Waals surface area contributed by atoms with E-state index in [0.717, 1.165) is 27.4 Å². The van der Waals surface area contributed by atoms with Crippen LogP contribution >= 0.6 is 11.3 Å². The molecule has 1 unspecified atom stereocenters. The van der Waals surface area contributed by atoms with E-state index >= 15 is 0 Å². The molecule has 2 aromatic heterocycles. The van der Waals surface area contributed by atoms with E-state index in [9.17, 15) is 0 Å². The van der Waals surface area contributed by atoms with Crippen LogP contribution in [-0.2, 0) is 11.3 Å². The van der Waals surface area contributed by atoms with Crippen LogP contribution < -0.4 is 4.74 Å². The second-order valence-corrected chi connectivity index (χ2v) is 5.57. The molecule has 1 N–H and O–H groups in total. The number of aromatic nitrogens is 3. The van der Waals surface area contributed by atoms with Gasteiger partial charge in [-0.25, -0.2) is 4.98 Å². The second kappa shape index (κ2) is 6.24. The van der Waals surface area contributed by atoms with Crippen molar-refractivity contribution in [1.29, 1.82) is 0 Å². The van der Waals surface area contributed by atoms with Gasteiger partial charge in [0.15, 0.2) is 0 Å². The molecule has 0 aliphatic rings. The molecule has 3 rings (SSSR count). The molecule has 0 bridgehead atoms. The molecule has 0 spiro atoms. The van der Waals surface area contributed by atoms with Gasteiger partial charge in [0.2, 0.25) is 0 Å². The molecule has 110 valence electrons. The Balaban J connectivity index is 1.64. The largest absolute Gasteiger partial charge is 0.487 e. The monoisotopic (exact) mass is 303 g/mol. The summed E-state index contributed by atoms with van der Waals surface area (Å²) in [6.45, 7) is 5.14. The number of rotatable bonds is 6. The minimum absolute atomic E-state index is 0.0371. The third-order valence-electron chi connectivity index (χ3n) is 3.13. The molecule has 0 saturated carbocycles. The lowest BCUT2D eigenvalue weighted by atomic mass is 10.2. The topological polar surface area (TPSA) is 60.0 Å². The van der Waals surface area contributed by atoms with Gasteiger partial charge in [0.05, 0.1) is 17.4 Å². The highest BCUT2D eigenvalue weighted by Gasteiger charge is 2.10. The molecule has 0 aliphatic carbocycles. The van der Waals surface area contributed by atoms with Crippen LogP contribution in [0.25, 0.3) is 10.9 Å². The van der Waals surface area contributed by atoms with Crippen molar-refractivity contribution < 1.29 is 9.47 Å². The number of nitrogens with zero attached hydrogens (tertiary/aromatic N) is 2. The lowest BCUT2D eigenvalue weighted by Crippen LogP contribution is -2.00. The van der Waals surface area contributed by atoms with Crippen molar-refractivity contribution in [2.45, 2.75) is 26.6 Å². The van der Waals surface area contributed by atoms with E-state index in [4.69, 9.17) is 9.47 Å². The maximum atomic E-state index is 5.78. The van der Waals surface area contributed by atoms with Crippen LogP contribution in [-0.4, -0.2) is 21.8 Å². The lowest BCUT2D eigenvalue weighted by Gasteiger charge is -2.07. The Morgan fingerprint density at radius 2 is 2.29 bits per heavy atom. The van der Waals surface area contributed by atoms with Gasteiger partial charge in [0.25, 0.3) is 0 Å². The maximum Gasteiger partial charge on any atom is 0.131 e. The molecule has 1 atom stereocenters. The minimum atomic E-state index is 0.0371. The summed E-state index contributed by atoms with van der Waals surface area (Å²) in [6.07, 6.45) is 1.83. The Morgan fingerprint density at radius 1 is 1.38 bits per heavy atom. The fourth-order valence-electron chi connectivity index (χ4n) is 2.06. The van der Waals surface area contributed by atoms with Crippen LogP contribution in [0.1, 0.15) is 30.7 Å². The van der Waals surface area contributed by atoms with Crippen LogP contribution in [0.3, 0.4) is 0 Å². The van der Waals surface area contributed by atoms with Crippen LogP contribution in [0.2, 0.25) is 0 Å². The molecular formula is C15H17N3O2S. The standard InChI is InChI=1S/C15H17N3O2S/c1-3-19-10(2)15-17-12(9-21-15)8-20-13-5-4-11-7-16-18-14(11)6-13/h4-7,9-10H,3,8H2,1-2H3,(H,16,18). The average molecular weight is 303 g/mol. The highest BCUT2D eigenvalue weighted by Crippen LogP contribution is 2.23. The van der Waals surface area contributed by atoms with Crippen molar-refractivity contribution in [2.75, 3.05) is 6.61 Å². The lowest BCUT2D eigenvalue weighted by molar-refractivity contribution is 0.0760. The Kier molecular flexibility index (Phi) is 4.17. The van der Waals surface area contributed by atoms with Gasteiger partial charge in [0.1, 0.15) is 23.5 Å². The van der Waals surface area contributed by atoms with Gasteiger partial charge in [-0.2, -0.15) is 5.10 Å². The highest BCUT2D eigenvalue weighted by molar-refractivity contribution is 7.09. The van der Waals surface area contributed by atoms with Crippen LogP contribution in [0.15, 0.2) is 29.8 Å². The van der Waals surface area contributed by atoms with Crippen molar-refractivity contribution in [3.63, 3.8) is 0 Å². The van der Waals surface area contributed by atoms with Gasteiger partial charge in [-0.1, -0.05) is 0 Å². The van der Waals surface area contributed by atoms with Crippen molar-refractivity contribution >= 4 is 22.2 Å². The summed E-state index contributed by atoms with van der Waals surface area (Å²) in [5.41, 5.74) is 1.89. The van der Waals surface area contributed by atoms with Gasteiger partial charge < -0.3 is 9.47 Å². The zero-order chi connectivity index (χ0) is 14.7. The maximum absolute atomic E-state index is 5.78. The summed E-state index contributed by atoms with van der Waals surface area (Å²) in [6, 6.07) is 5.87. The van der Waals surface area contributed by atoms with Gasteiger partial charge in [-0.05, 0) is 26.0 Å². The predicted molar refractivity (Wildman–Crippen MR) is 82.6 cm³/mol. The number of hydrogen-bond donors (Lipinski definition) is 1. The molecule has 0 aliphatic heterocycles. The first-order valence-corrected chi connectivity index (χ1v) is 7.76. The first-order valence-electron chi connectivity index (χ1n) is 6.88. The Bertz CT molecular complexity index is 722. The molecule has 2 heterocycles. The highest BCUT2D eigenvalue weighted by atomic mass is 32.1. The number of ether oxygens (including phenoxy) is 2. The molecular weight excluding hydrogens is 286 g/mol. The molecule has 0 amide bonds. The van der Waals surface area contributed by atoms with Crippen molar-refractivity contribution in [3.05, 3.63) is 40.5 Å². The van der Waals surface area contributed by atoms with E-state index in [1.165, 1.54) is 0 Å². The van der Waals surface area contributed by atoms with E-state index in [0.29, 0.717) is 13.2 Å². The summed E-state index contributed by atoms with van der Waals surface area (Å²) in [5.74, 6) is 0.805. The van der Waals surface area contributed by atoms with Crippen LogP contribution in [0.4, 0.5) is 0 Å². The molecule has 5 nitrogen and oxygen atoms in total. The molecule has 0 fully saturated rings. The summed E-state index contributed by atoms with van der Waals surface area (Å²) >= 11 is 1.60. The fraction of sp³-hybridized carbons (Fsp3) is 0.333. The Labute approximate surface area is 126 Å². The number of aromatic amines is 1. The zero-order valence-electron chi connectivity index (χ0n) is 12.0. The van der Waals surface area contributed by atoms with Crippen molar-refractivity contribution in [1.82, 2.24) is 15.2 Å². The first-order chi connectivity index (χ1) is 10.3. The Morgan fingerprint density at radius 3 is 3.14 bits per heavy atom. The third-order valence-corrected chi connectivity index (χ3v) is 4.19. The number of hydrogen-bond acceptors (Lipinski definition) is 5. The molecule has 3 aromatic rings. The molecule has 0 radical (unpaired) electrons. The smallest absolute Gasteiger partial charge is 0.131 e. The van der Waals surface area contributed by atoms with Gasteiger partial charge in [-0.3, -0.25) is 5.10 Å². The average Bonchev–Trinajstić information content (AvgIpc) is 3.14. The number of benzene rings is 1. The van der Waals surface area contributed by atoms with Crippen LogP contribution in [0.5, 0.6) is 5.75 Å². The number of thiazole rings is 1. The van der Waals surface area contributed by atoms with Crippen molar-refractivity contribution in [2.24, 2.45) is 0 Å². The molecule has 6 heteroatoms. The summed E-state index contributed by atoms with van der Waals surface area (Å²) in [5, 5.41) is 11.0. The number of H-pyrrole nitrogens is 1. The van der Waals surface area contributed by atoms with E-state index in [-0.39, 0.29) is 6.10 Å². The quantitative estimate of drug-likeness (QED) is 0.754. The van der Waals surface area contributed by atoms with E-state index in [2.05, 4.69) is 15.2 Å². The first kappa shape index (κ1) is 14.0. The zero-order valence-corrected chi connectivity index (χ0v) is 12.8. The van der Waals surface area contributed by atoms with Gasteiger partial charge in [0, 0.05) is 23.4 Å². The predicted octanol–water partition coefficient (Wildman–Crippen LogP) is 3.70. The third kappa shape index (κ3) is 3.22. The van der Waals surface area contributed by atoms with Crippen LogP contribution in [0, 0.1) is 0 Å². The summed E-state index contributed by atoms with van der Waals surface area (Å²) in [4.78, 5) is 4.54. The van der Waals surface area contributed by atoms with Gasteiger partial charge in [-0.15, -0.1) is 11.3 Å². The normalized spacial score (nSPS) is 12.7. The van der Waals surface area contributed by atoms with E-state index in [1.807, 2.05) is 37.4 Å². The SMILES string of the molecule is CCOC(C)c1nc(COc2ccc3cn[nH]c3c2)cs1. The molecule has 0 saturated heterocycles. The van der Waals surface area contributed by atoms with E-state index < -0.39 is 0 Å². The number of fused-ring (bicyclic) bond motifs is 1. The van der Waals surface area contributed by atoms with E-state index in [1.54, 1.807) is 17.5 Å². The van der Waals surface area contributed by atoms with Gasteiger partial charge >= 0.3 is 0 Å². The van der Waals surface area contributed by atoms with Crippen molar-refractivity contribution in [3.8, 4) is 5.75 Å². The molecule has 1 aromatic carbocycles. The summed E-state index contributed by atoms with van der Waals surface area (Å²) < 4.78 is 11.3. The summed E-state index contributed by atoms with van der Waals surface area (Å²) in [7, 11) is 0.